The number of nitrogens with one attached hydrogen (secondary N) is 1. The highest BCUT2D eigenvalue weighted by molar-refractivity contribution is 6.28. The van der Waals surface area contributed by atoms with Crippen LogP contribution in [-0.4, -0.2) is 46.5 Å². The van der Waals surface area contributed by atoms with Gasteiger partial charge >= 0.3 is 5.69 Å². The number of halogens is 1. The van der Waals surface area contributed by atoms with Gasteiger partial charge in [-0.15, -0.1) is 0 Å². The fraction of sp³-hybridized carbons (Fsp3) is 0.636. The number of hydrogen-bond donors (Lipinski definition) is 1. The summed E-state index contributed by atoms with van der Waals surface area (Å²) >= 11 is 5.74. The molecule has 0 bridgehead atoms. The van der Waals surface area contributed by atoms with Crippen molar-refractivity contribution in [3.05, 3.63) is 21.1 Å². The van der Waals surface area contributed by atoms with Crippen LogP contribution in [0.2, 0.25) is 5.28 Å². The van der Waals surface area contributed by atoms with Crippen molar-refractivity contribution >= 4 is 23.1 Å². The summed E-state index contributed by atoms with van der Waals surface area (Å²) in [6.45, 7) is 4.36. The lowest BCUT2D eigenvalue weighted by Gasteiger charge is -2.17. The van der Waals surface area contributed by atoms with Crippen molar-refractivity contribution in [3.63, 3.8) is 0 Å². The first kappa shape index (κ1) is 15.6. The predicted octanol–water partition coefficient (Wildman–Crippen LogP) is 2.10. The summed E-state index contributed by atoms with van der Waals surface area (Å²) < 4.78 is 0. The van der Waals surface area contributed by atoms with E-state index in [1.54, 1.807) is 6.92 Å². The molecule has 0 radical (unpaired) electrons. The second-order valence-electron chi connectivity index (χ2n) is 4.67. The van der Waals surface area contributed by atoms with Gasteiger partial charge in [0.2, 0.25) is 11.1 Å². The van der Waals surface area contributed by atoms with Crippen LogP contribution in [0.5, 0.6) is 0 Å². The molecule has 0 aromatic carbocycles. The van der Waals surface area contributed by atoms with Crippen molar-refractivity contribution in [1.82, 2.24) is 14.9 Å². The van der Waals surface area contributed by atoms with Crippen LogP contribution in [0.25, 0.3) is 0 Å². The third kappa shape index (κ3) is 4.60. The van der Waals surface area contributed by atoms with Crippen molar-refractivity contribution in [1.29, 1.82) is 0 Å². The van der Waals surface area contributed by atoms with E-state index in [1.807, 2.05) is 25.9 Å². The Morgan fingerprint density at radius 2 is 2.11 bits per heavy atom. The first-order valence-corrected chi connectivity index (χ1v) is 6.29. The van der Waals surface area contributed by atoms with Crippen LogP contribution in [0.15, 0.2) is 0 Å². The minimum absolute atomic E-state index is 0.00501. The van der Waals surface area contributed by atoms with Gasteiger partial charge in [0.25, 0.3) is 0 Å². The quantitative estimate of drug-likeness (QED) is 0.490. The van der Waals surface area contributed by atoms with Crippen molar-refractivity contribution in [2.24, 2.45) is 0 Å². The zero-order chi connectivity index (χ0) is 14.6. The van der Waals surface area contributed by atoms with Gasteiger partial charge in [0.05, 0.1) is 4.92 Å². The lowest BCUT2D eigenvalue weighted by molar-refractivity contribution is -0.385. The summed E-state index contributed by atoms with van der Waals surface area (Å²) in [4.78, 5) is 20.3. The normalized spacial score (nSPS) is 12.5. The maximum atomic E-state index is 11.0. The fourth-order valence-corrected chi connectivity index (χ4v) is 1.82. The fourth-order valence-electron chi connectivity index (χ4n) is 1.61. The number of nitro groups is 1. The van der Waals surface area contributed by atoms with Gasteiger partial charge in [-0.2, -0.15) is 4.98 Å². The SMILES string of the molecule is Cc1nc(Cl)nc(NC(C)CCN(C)C)c1[N+](=O)[O-]. The highest BCUT2D eigenvalue weighted by atomic mass is 35.5. The molecule has 7 nitrogen and oxygen atoms in total. The van der Waals surface area contributed by atoms with Gasteiger partial charge in [-0.3, -0.25) is 10.1 Å². The van der Waals surface area contributed by atoms with Gasteiger partial charge in [0, 0.05) is 6.04 Å². The maximum Gasteiger partial charge on any atom is 0.332 e. The third-order valence-electron chi connectivity index (χ3n) is 2.61. The third-order valence-corrected chi connectivity index (χ3v) is 2.78. The molecule has 0 fully saturated rings. The minimum Gasteiger partial charge on any atom is -0.362 e. The summed E-state index contributed by atoms with van der Waals surface area (Å²) in [5, 5.41) is 14.1. The monoisotopic (exact) mass is 287 g/mol. The predicted molar refractivity (Wildman–Crippen MR) is 74.7 cm³/mol. The molecule has 8 heteroatoms. The summed E-state index contributed by atoms with van der Waals surface area (Å²) in [6.07, 6.45) is 0.838. The number of hydrogen-bond acceptors (Lipinski definition) is 6. The van der Waals surface area contributed by atoms with E-state index in [2.05, 4.69) is 15.3 Å². The molecule has 106 valence electrons. The molecule has 1 rings (SSSR count). The average Bonchev–Trinajstić information content (AvgIpc) is 2.24. The lowest BCUT2D eigenvalue weighted by atomic mass is 10.2. The summed E-state index contributed by atoms with van der Waals surface area (Å²) in [5.74, 6) is 0.175. The van der Waals surface area contributed by atoms with E-state index in [-0.39, 0.29) is 28.5 Å². The summed E-state index contributed by atoms with van der Waals surface area (Å²) in [7, 11) is 3.95. The Morgan fingerprint density at radius 1 is 1.47 bits per heavy atom. The van der Waals surface area contributed by atoms with Gasteiger partial charge in [-0.05, 0) is 52.5 Å². The van der Waals surface area contributed by atoms with Crippen LogP contribution in [0.4, 0.5) is 11.5 Å². The number of anilines is 1. The number of rotatable bonds is 6. The second-order valence-corrected chi connectivity index (χ2v) is 5.01. The van der Waals surface area contributed by atoms with Crippen molar-refractivity contribution in [3.8, 4) is 0 Å². The molecule has 1 heterocycles. The van der Waals surface area contributed by atoms with E-state index >= 15 is 0 Å². The van der Waals surface area contributed by atoms with Crippen molar-refractivity contribution < 1.29 is 4.92 Å². The van der Waals surface area contributed by atoms with E-state index in [1.165, 1.54) is 0 Å². The van der Waals surface area contributed by atoms with E-state index in [0.717, 1.165) is 13.0 Å². The zero-order valence-corrected chi connectivity index (χ0v) is 12.2. The Hall–Kier alpha value is -1.47. The molecule has 1 atom stereocenters. The van der Waals surface area contributed by atoms with E-state index in [0.29, 0.717) is 0 Å². The van der Waals surface area contributed by atoms with Gasteiger partial charge in [0.1, 0.15) is 5.69 Å². The molecule has 19 heavy (non-hydrogen) atoms. The summed E-state index contributed by atoms with van der Waals surface area (Å²) in [6, 6.07) is 0.0477. The number of aryl methyl sites for hydroxylation is 1. The molecule has 0 saturated carbocycles. The molecular weight excluding hydrogens is 270 g/mol. The molecule has 1 unspecified atom stereocenters. The van der Waals surface area contributed by atoms with E-state index in [4.69, 9.17) is 11.6 Å². The van der Waals surface area contributed by atoms with Crippen LogP contribution in [0.1, 0.15) is 19.0 Å². The second kappa shape index (κ2) is 6.63. The molecule has 1 N–H and O–H groups in total. The molecule has 0 spiro atoms. The smallest absolute Gasteiger partial charge is 0.332 e. The van der Waals surface area contributed by atoms with E-state index < -0.39 is 4.92 Å². The Morgan fingerprint density at radius 3 is 2.63 bits per heavy atom. The average molecular weight is 288 g/mol. The molecule has 0 saturated heterocycles. The largest absolute Gasteiger partial charge is 0.362 e. The molecule has 0 aliphatic carbocycles. The van der Waals surface area contributed by atoms with Crippen LogP contribution >= 0.6 is 11.6 Å². The maximum absolute atomic E-state index is 11.0. The highest BCUT2D eigenvalue weighted by Crippen LogP contribution is 2.27. The summed E-state index contributed by atoms with van der Waals surface area (Å²) in [5.41, 5.74) is 0.133. The molecule has 1 aromatic rings. The highest BCUT2D eigenvalue weighted by Gasteiger charge is 2.22. The Labute approximate surface area is 117 Å². The molecule has 0 amide bonds. The first-order chi connectivity index (χ1) is 8.81. The van der Waals surface area contributed by atoms with E-state index in [9.17, 15) is 10.1 Å². The topological polar surface area (TPSA) is 84.2 Å². The molecule has 0 aliphatic heterocycles. The van der Waals surface area contributed by atoms with Gasteiger partial charge in [-0.1, -0.05) is 0 Å². The van der Waals surface area contributed by atoms with Crippen LogP contribution < -0.4 is 5.32 Å². The van der Waals surface area contributed by atoms with Crippen LogP contribution in [0, 0.1) is 17.0 Å². The zero-order valence-electron chi connectivity index (χ0n) is 11.5. The van der Waals surface area contributed by atoms with Gasteiger partial charge in [0.15, 0.2) is 0 Å². The minimum atomic E-state index is -0.493. The number of aromatic nitrogens is 2. The van der Waals surface area contributed by atoms with Gasteiger partial charge in [-0.25, -0.2) is 4.98 Å². The first-order valence-electron chi connectivity index (χ1n) is 5.91. The Kier molecular flexibility index (Phi) is 5.44. The molecule has 0 aliphatic rings. The Bertz CT molecular complexity index is 467. The Balaban J connectivity index is 2.90. The molecule has 1 aromatic heterocycles. The number of nitrogens with zero attached hydrogens (tertiary/aromatic N) is 4. The van der Waals surface area contributed by atoms with Gasteiger partial charge < -0.3 is 10.2 Å². The lowest BCUT2D eigenvalue weighted by Crippen LogP contribution is -2.24. The van der Waals surface area contributed by atoms with Crippen molar-refractivity contribution in [2.45, 2.75) is 26.3 Å². The standard InChI is InChI=1S/C11H18ClN5O2/c1-7(5-6-16(3)4)13-10-9(17(18)19)8(2)14-11(12)15-10/h7H,5-6H2,1-4H3,(H,13,14,15). The van der Waals surface area contributed by atoms with Crippen LogP contribution in [0.3, 0.4) is 0 Å². The molecular formula is C11H18ClN5O2. The van der Waals surface area contributed by atoms with Crippen LogP contribution in [-0.2, 0) is 0 Å². The van der Waals surface area contributed by atoms with Crippen molar-refractivity contribution in [2.75, 3.05) is 26.0 Å².